The van der Waals surface area contributed by atoms with Gasteiger partial charge in [0.25, 0.3) is 0 Å². The summed E-state index contributed by atoms with van der Waals surface area (Å²) < 4.78 is 5.03. The number of benzene rings is 1. The SMILES string of the molecule is O=C([O-])c1ccccc1N/N=C\c1ccco1. The molecule has 5 nitrogen and oxygen atoms in total. The highest BCUT2D eigenvalue weighted by Gasteiger charge is 2.00. The Morgan fingerprint density at radius 3 is 2.82 bits per heavy atom. The molecule has 0 aliphatic rings. The number of hydrogen-bond acceptors (Lipinski definition) is 5. The topological polar surface area (TPSA) is 77.7 Å². The van der Waals surface area contributed by atoms with Crippen LogP contribution in [0, 0.1) is 0 Å². The minimum atomic E-state index is -1.25. The van der Waals surface area contributed by atoms with Gasteiger partial charge in [-0.25, -0.2) is 0 Å². The van der Waals surface area contributed by atoms with Crippen molar-refractivity contribution < 1.29 is 14.3 Å². The Labute approximate surface area is 97.4 Å². The average Bonchev–Trinajstić information content (AvgIpc) is 2.82. The van der Waals surface area contributed by atoms with Crippen LogP contribution in [0.2, 0.25) is 0 Å². The maximum atomic E-state index is 10.8. The van der Waals surface area contributed by atoms with Gasteiger partial charge in [0.1, 0.15) is 5.76 Å². The van der Waals surface area contributed by atoms with Crippen LogP contribution in [0.25, 0.3) is 0 Å². The van der Waals surface area contributed by atoms with Gasteiger partial charge in [0.05, 0.1) is 24.1 Å². The summed E-state index contributed by atoms with van der Waals surface area (Å²) >= 11 is 0. The molecule has 0 aliphatic carbocycles. The number of rotatable bonds is 4. The summed E-state index contributed by atoms with van der Waals surface area (Å²) in [4.78, 5) is 10.8. The van der Waals surface area contributed by atoms with E-state index in [0.29, 0.717) is 11.4 Å². The van der Waals surface area contributed by atoms with E-state index in [0.717, 1.165) is 0 Å². The number of anilines is 1. The lowest BCUT2D eigenvalue weighted by Crippen LogP contribution is -2.23. The molecule has 0 atom stereocenters. The summed E-state index contributed by atoms with van der Waals surface area (Å²) in [7, 11) is 0. The van der Waals surface area contributed by atoms with Crippen LogP contribution in [-0.2, 0) is 0 Å². The van der Waals surface area contributed by atoms with Crippen molar-refractivity contribution >= 4 is 17.9 Å². The summed E-state index contributed by atoms with van der Waals surface area (Å²) in [5.41, 5.74) is 3.05. The number of carbonyl (C=O) groups is 1. The van der Waals surface area contributed by atoms with Crippen molar-refractivity contribution in [2.24, 2.45) is 5.10 Å². The Hall–Kier alpha value is -2.56. The van der Waals surface area contributed by atoms with Crippen LogP contribution in [0.15, 0.2) is 52.2 Å². The molecule has 1 N–H and O–H groups in total. The molecule has 0 amide bonds. The molecule has 0 unspecified atom stereocenters. The molecule has 0 fully saturated rings. The molecule has 0 aliphatic heterocycles. The molecule has 0 radical (unpaired) electrons. The fraction of sp³-hybridized carbons (Fsp3) is 0. The van der Waals surface area contributed by atoms with Crippen molar-refractivity contribution in [2.75, 3.05) is 5.43 Å². The maximum Gasteiger partial charge on any atom is 0.146 e. The third-order valence-corrected chi connectivity index (χ3v) is 2.07. The first-order chi connectivity index (χ1) is 8.27. The molecule has 0 saturated heterocycles. The second-order valence-corrected chi connectivity index (χ2v) is 3.22. The van der Waals surface area contributed by atoms with Gasteiger partial charge in [-0.2, -0.15) is 5.10 Å². The van der Waals surface area contributed by atoms with E-state index in [1.165, 1.54) is 18.5 Å². The van der Waals surface area contributed by atoms with E-state index >= 15 is 0 Å². The normalized spacial score (nSPS) is 10.6. The van der Waals surface area contributed by atoms with Crippen LogP contribution >= 0.6 is 0 Å². The first kappa shape index (κ1) is 10.9. The van der Waals surface area contributed by atoms with E-state index in [9.17, 15) is 9.90 Å². The number of para-hydroxylation sites is 1. The summed E-state index contributed by atoms with van der Waals surface area (Å²) in [6.07, 6.45) is 2.97. The molecule has 1 aromatic carbocycles. The summed E-state index contributed by atoms with van der Waals surface area (Å²) in [5, 5.41) is 14.7. The maximum absolute atomic E-state index is 10.8. The zero-order valence-electron chi connectivity index (χ0n) is 8.79. The van der Waals surface area contributed by atoms with Gasteiger partial charge >= 0.3 is 0 Å². The first-order valence-electron chi connectivity index (χ1n) is 4.90. The second-order valence-electron chi connectivity index (χ2n) is 3.22. The van der Waals surface area contributed by atoms with Gasteiger partial charge in [-0.15, -0.1) is 0 Å². The Morgan fingerprint density at radius 2 is 2.12 bits per heavy atom. The minimum Gasteiger partial charge on any atom is -0.545 e. The van der Waals surface area contributed by atoms with Crippen LogP contribution in [0.4, 0.5) is 5.69 Å². The number of furan rings is 1. The number of carboxylic acid groups (broad SMARTS) is 1. The van der Waals surface area contributed by atoms with Crippen molar-refractivity contribution in [3.05, 3.63) is 54.0 Å². The third kappa shape index (κ3) is 2.72. The van der Waals surface area contributed by atoms with Crippen LogP contribution < -0.4 is 10.5 Å². The van der Waals surface area contributed by atoms with E-state index in [-0.39, 0.29) is 5.56 Å². The minimum absolute atomic E-state index is 0.0593. The highest BCUT2D eigenvalue weighted by Crippen LogP contribution is 2.13. The van der Waals surface area contributed by atoms with E-state index in [2.05, 4.69) is 10.5 Å². The lowest BCUT2D eigenvalue weighted by atomic mass is 10.2. The van der Waals surface area contributed by atoms with Crippen LogP contribution in [0.1, 0.15) is 16.1 Å². The molecule has 0 bridgehead atoms. The van der Waals surface area contributed by atoms with Crippen molar-refractivity contribution in [3.63, 3.8) is 0 Å². The van der Waals surface area contributed by atoms with Gasteiger partial charge in [-0.1, -0.05) is 18.2 Å². The smallest absolute Gasteiger partial charge is 0.146 e. The quantitative estimate of drug-likeness (QED) is 0.628. The molecular weight excluding hydrogens is 220 g/mol. The van der Waals surface area contributed by atoms with Gasteiger partial charge < -0.3 is 14.3 Å². The Kier molecular flexibility index (Phi) is 3.20. The standard InChI is InChI=1S/C12H10N2O3/c15-12(16)10-5-1-2-6-11(10)14-13-8-9-4-3-7-17-9/h1-8,14H,(H,15,16)/p-1/b13-8-. The Balaban J connectivity index is 2.11. The number of carbonyl (C=O) groups excluding carboxylic acids is 1. The zero-order chi connectivity index (χ0) is 12.1. The predicted molar refractivity (Wildman–Crippen MR) is 60.7 cm³/mol. The summed E-state index contributed by atoms with van der Waals surface area (Å²) in [5.74, 6) is -0.676. The van der Waals surface area contributed by atoms with Crippen molar-refractivity contribution in [1.29, 1.82) is 0 Å². The van der Waals surface area contributed by atoms with Crippen LogP contribution in [-0.4, -0.2) is 12.2 Å². The molecular formula is C12H9N2O3-. The zero-order valence-corrected chi connectivity index (χ0v) is 8.79. The van der Waals surface area contributed by atoms with Gasteiger partial charge in [0.2, 0.25) is 0 Å². The number of aromatic carboxylic acids is 1. The monoisotopic (exact) mass is 229 g/mol. The molecule has 0 spiro atoms. The van der Waals surface area contributed by atoms with Gasteiger partial charge in [0, 0.05) is 5.56 Å². The molecule has 0 saturated carbocycles. The Morgan fingerprint density at radius 1 is 1.29 bits per heavy atom. The van der Waals surface area contributed by atoms with Gasteiger partial charge in [-0.05, 0) is 18.2 Å². The van der Waals surface area contributed by atoms with E-state index < -0.39 is 5.97 Å². The van der Waals surface area contributed by atoms with Crippen LogP contribution in [0.3, 0.4) is 0 Å². The first-order valence-corrected chi connectivity index (χ1v) is 4.90. The molecule has 2 aromatic rings. The molecule has 1 aromatic heterocycles. The number of hydrogen-bond donors (Lipinski definition) is 1. The van der Waals surface area contributed by atoms with Crippen LogP contribution in [0.5, 0.6) is 0 Å². The predicted octanol–water partition coefficient (Wildman–Crippen LogP) is 1.09. The lowest BCUT2D eigenvalue weighted by Gasteiger charge is -2.08. The Bertz CT molecular complexity index is 532. The number of hydrazone groups is 1. The largest absolute Gasteiger partial charge is 0.545 e. The third-order valence-electron chi connectivity index (χ3n) is 2.07. The second kappa shape index (κ2) is 4.98. The number of carboxylic acids is 1. The summed E-state index contributed by atoms with van der Waals surface area (Å²) in [6.45, 7) is 0. The van der Waals surface area contributed by atoms with Crippen molar-refractivity contribution in [1.82, 2.24) is 0 Å². The summed E-state index contributed by atoms with van der Waals surface area (Å²) in [6, 6.07) is 9.83. The van der Waals surface area contributed by atoms with Gasteiger partial charge in [-0.3, -0.25) is 5.43 Å². The number of nitrogens with zero attached hydrogens (tertiary/aromatic N) is 1. The molecule has 2 rings (SSSR count). The van der Waals surface area contributed by atoms with Crippen molar-refractivity contribution in [3.8, 4) is 0 Å². The number of nitrogens with one attached hydrogen (secondary N) is 1. The highest BCUT2D eigenvalue weighted by molar-refractivity contribution is 5.92. The van der Waals surface area contributed by atoms with Gasteiger partial charge in [0.15, 0.2) is 0 Å². The fourth-order valence-electron chi connectivity index (χ4n) is 1.29. The fourth-order valence-corrected chi connectivity index (χ4v) is 1.29. The van der Waals surface area contributed by atoms with Crippen molar-refractivity contribution in [2.45, 2.75) is 0 Å². The molecule has 1 heterocycles. The molecule has 86 valence electrons. The average molecular weight is 229 g/mol. The van der Waals surface area contributed by atoms with E-state index in [1.807, 2.05) is 0 Å². The van der Waals surface area contributed by atoms with E-state index in [4.69, 9.17) is 4.42 Å². The lowest BCUT2D eigenvalue weighted by molar-refractivity contribution is -0.254. The van der Waals surface area contributed by atoms with E-state index in [1.54, 1.807) is 30.3 Å². The molecule has 17 heavy (non-hydrogen) atoms. The molecule has 5 heteroatoms. The highest BCUT2D eigenvalue weighted by atomic mass is 16.4.